The van der Waals surface area contributed by atoms with Crippen LogP contribution in [0, 0.1) is 5.92 Å². The van der Waals surface area contributed by atoms with E-state index in [-0.39, 0.29) is 29.0 Å². The summed E-state index contributed by atoms with van der Waals surface area (Å²) >= 11 is 0. The first kappa shape index (κ1) is 19.1. The number of benzene rings is 1. The second-order valence-electron chi connectivity index (χ2n) is 6.48. The molecule has 8 nitrogen and oxygen atoms in total. The topological polar surface area (TPSA) is 123 Å². The number of furan rings is 1. The van der Waals surface area contributed by atoms with Gasteiger partial charge in [-0.3, -0.25) is 9.59 Å². The summed E-state index contributed by atoms with van der Waals surface area (Å²) in [6.45, 7) is 1.14. The number of carbonyl (C=O) groups is 2. The molecule has 1 aliphatic rings. The minimum absolute atomic E-state index is 0.0526. The van der Waals surface area contributed by atoms with Gasteiger partial charge < -0.3 is 14.6 Å². The van der Waals surface area contributed by atoms with E-state index in [1.54, 1.807) is 29.2 Å². The SMILES string of the molecule is NS(=O)(=O)c1ccc(CCN2CC(C(=O)NCc3ccco3)CC2=O)cc1. The minimum atomic E-state index is -3.71. The second-order valence-corrected chi connectivity index (χ2v) is 8.04. The van der Waals surface area contributed by atoms with Crippen molar-refractivity contribution in [3.8, 4) is 0 Å². The van der Waals surface area contributed by atoms with E-state index in [2.05, 4.69) is 5.32 Å². The Balaban J connectivity index is 1.49. The molecule has 1 unspecified atom stereocenters. The first-order valence-corrected chi connectivity index (χ1v) is 10.1. The molecule has 0 radical (unpaired) electrons. The van der Waals surface area contributed by atoms with Gasteiger partial charge in [-0.15, -0.1) is 0 Å². The Morgan fingerprint density at radius 1 is 1.26 bits per heavy atom. The fraction of sp³-hybridized carbons (Fsp3) is 0.333. The minimum Gasteiger partial charge on any atom is -0.467 e. The maximum absolute atomic E-state index is 12.2. The lowest BCUT2D eigenvalue weighted by atomic mass is 10.1. The molecule has 2 heterocycles. The third-order valence-corrected chi connectivity index (χ3v) is 5.45. The average Bonchev–Trinajstić information content (AvgIpc) is 3.27. The van der Waals surface area contributed by atoms with E-state index >= 15 is 0 Å². The van der Waals surface area contributed by atoms with E-state index in [4.69, 9.17) is 9.56 Å². The lowest BCUT2D eigenvalue weighted by Gasteiger charge is -2.16. The van der Waals surface area contributed by atoms with Crippen LogP contribution in [-0.2, 0) is 32.6 Å². The predicted octanol–water partition coefficient (Wildman–Crippen LogP) is 0.634. The van der Waals surface area contributed by atoms with E-state index < -0.39 is 10.0 Å². The molecule has 0 aliphatic carbocycles. The van der Waals surface area contributed by atoms with Gasteiger partial charge in [0, 0.05) is 19.5 Å². The zero-order chi connectivity index (χ0) is 19.4. The van der Waals surface area contributed by atoms with Crippen LogP contribution in [0.2, 0.25) is 0 Å². The molecule has 1 atom stereocenters. The first-order chi connectivity index (χ1) is 12.8. The smallest absolute Gasteiger partial charge is 0.238 e. The highest BCUT2D eigenvalue weighted by Gasteiger charge is 2.33. The summed E-state index contributed by atoms with van der Waals surface area (Å²) in [6, 6.07) is 9.76. The van der Waals surface area contributed by atoms with Crippen molar-refractivity contribution in [3.05, 3.63) is 54.0 Å². The summed E-state index contributed by atoms with van der Waals surface area (Å²) < 4.78 is 27.7. The van der Waals surface area contributed by atoms with Gasteiger partial charge in [0.05, 0.1) is 23.6 Å². The van der Waals surface area contributed by atoms with Crippen LogP contribution in [0.5, 0.6) is 0 Å². The number of nitrogens with two attached hydrogens (primary N) is 1. The average molecular weight is 391 g/mol. The number of carbonyl (C=O) groups excluding carboxylic acids is 2. The first-order valence-electron chi connectivity index (χ1n) is 8.52. The Morgan fingerprint density at radius 2 is 2.00 bits per heavy atom. The lowest BCUT2D eigenvalue weighted by molar-refractivity contribution is -0.129. The van der Waals surface area contributed by atoms with Crippen molar-refractivity contribution < 1.29 is 22.4 Å². The van der Waals surface area contributed by atoms with Gasteiger partial charge in [-0.25, -0.2) is 13.6 Å². The Bertz CT molecular complexity index is 907. The number of amides is 2. The molecule has 144 valence electrons. The highest BCUT2D eigenvalue weighted by Crippen LogP contribution is 2.19. The molecule has 9 heteroatoms. The lowest BCUT2D eigenvalue weighted by Crippen LogP contribution is -2.33. The maximum Gasteiger partial charge on any atom is 0.238 e. The van der Waals surface area contributed by atoms with E-state index in [0.717, 1.165) is 5.56 Å². The fourth-order valence-electron chi connectivity index (χ4n) is 3.01. The summed E-state index contributed by atoms with van der Waals surface area (Å²) in [6.07, 6.45) is 2.30. The van der Waals surface area contributed by atoms with E-state index in [9.17, 15) is 18.0 Å². The molecular weight excluding hydrogens is 370 g/mol. The maximum atomic E-state index is 12.2. The molecule has 27 heavy (non-hydrogen) atoms. The van der Waals surface area contributed by atoms with Crippen molar-refractivity contribution in [1.82, 2.24) is 10.2 Å². The van der Waals surface area contributed by atoms with Crippen LogP contribution < -0.4 is 10.5 Å². The number of sulfonamides is 1. The molecule has 1 aromatic carbocycles. The van der Waals surface area contributed by atoms with E-state index in [0.29, 0.717) is 31.8 Å². The van der Waals surface area contributed by atoms with Gasteiger partial charge in [0.2, 0.25) is 21.8 Å². The number of hydrogen-bond donors (Lipinski definition) is 2. The molecule has 0 saturated carbocycles. The molecule has 3 N–H and O–H groups in total. The van der Waals surface area contributed by atoms with Crippen LogP contribution >= 0.6 is 0 Å². The summed E-state index contributed by atoms with van der Waals surface area (Å²) in [4.78, 5) is 26.1. The Labute approximate surface area is 157 Å². The van der Waals surface area contributed by atoms with Gasteiger partial charge in [-0.1, -0.05) is 12.1 Å². The quantitative estimate of drug-likeness (QED) is 0.717. The van der Waals surface area contributed by atoms with Crippen LogP contribution in [0.3, 0.4) is 0 Å². The molecular formula is C18H21N3O5S. The summed E-state index contributed by atoms with van der Waals surface area (Å²) in [5.41, 5.74) is 0.890. The van der Waals surface area contributed by atoms with Gasteiger partial charge in [-0.2, -0.15) is 0 Å². The molecule has 0 bridgehead atoms. The normalized spacial score (nSPS) is 17.3. The van der Waals surface area contributed by atoms with Crippen molar-refractivity contribution in [2.75, 3.05) is 13.1 Å². The number of nitrogens with zero attached hydrogens (tertiary/aromatic N) is 1. The Hall–Kier alpha value is -2.65. The number of nitrogens with one attached hydrogen (secondary N) is 1. The van der Waals surface area contributed by atoms with E-state index in [1.807, 2.05) is 0 Å². The number of hydrogen-bond acceptors (Lipinski definition) is 5. The van der Waals surface area contributed by atoms with Crippen LogP contribution in [0.1, 0.15) is 17.7 Å². The van der Waals surface area contributed by atoms with Crippen LogP contribution in [0.4, 0.5) is 0 Å². The summed E-state index contributed by atoms with van der Waals surface area (Å²) in [7, 11) is -3.71. The largest absolute Gasteiger partial charge is 0.467 e. The number of rotatable bonds is 7. The number of likely N-dealkylation sites (tertiary alicyclic amines) is 1. The molecule has 1 aliphatic heterocycles. The molecule has 3 rings (SSSR count). The van der Waals surface area contributed by atoms with Crippen LogP contribution in [0.15, 0.2) is 52.0 Å². The Morgan fingerprint density at radius 3 is 2.63 bits per heavy atom. The van der Waals surface area contributed by atoms with Gasteiger partial charge in [0.1, 0.15) is 5.76 Å². The number of primary sulfonamides is 1. The zero-order valence-electron chi connectivity index (χ0n) is 14.6. The molecule has 1 aromatic heterocycles. The third kappa shape index (κ3) is 4.95. The third-order valence-electron chi connectivity index (χ3n) is 4.52. The molecule has 1 fully saturated rings. The summed E-state index contributed by atoms with van der Waals surface area (Å²) in [5, 5.41) is 7.86. The molecule has 2 amide bonds. The monoisotopic (exact) mass is 391 g/mol. The van der Waals surface area contributed by atoms with Gasteiger partial charge in [0.15, 0.2) is 0 Å². The Kier molecular flexibility index (Phi) is 5.62. The second kappa shape index (κ2) is 7.93. The highest BCUT2D eigenvalue weighted by atomic mass is 32.2. The van der Waals surface area contributed by atoms with Crippen LogP contribution in [0.25, 0.3) is 0 Å². The van der Waals surface area contributed by atoms with Crippen molar-refractivity contribution in [2.24, 2.45) is 11.1 Å². The van der Waals surface area contributed by atoms with Crippen molar-refractivity contribution in [3.63, 3.8) is 0 Å². The highest BCUT2D eigenvalue weighted by molar-refractivity contribution is 7.89. The fourth-order valence-corrected chi connectivity index (χ4v) is 3.52. The summed E-state index contributed by atoms with van der Waals surface area (Å²) in [5.74, 6) is 0.0544. The van der Waals surface area contributed by atoms with E-state index in [1.165, 1.54) is 18.4 Å². The zero-order valence-corrected chi connectivity index (χ0v) is 15.4. The van der Waals surface area contributed by atoms with Gasteiger partial charge in [0.25, 0.3) is 0 Å². The molecule has 2 aromatic rings. The molecule has 1 saturated heterocycles. The van der Waals surface area contributed by atoms with Crippen molar-refractivity contribution in [1.29, 1.82) is 0 Å². The predicted molar refractivity (Wildman–Crippen MR) is 96.8 cm³/mol. The van der Waals surface area contributed by atoms with Gasteiger partial charge >= 0.3 is 0 Å². The standard InChI is InChI=1S/C18H21N3O5S/c19-27(24,25)16-5-3-13(4-6-16)7-8-21-12-14(10-17(21)22)18(23)20-11-15-2-1-9-26-15/h1-6,9,14H,7-8,10-12H2,(H,20,23)(H2,19,24,25). The van der Waals surface area contributed by atoms with Crippen molar-refractivity contribution >= 4 is 21.8 Å². The molecule has 0 spiro atoms. The van der Waals surface area contributed by atoms with Crippen LogP contribution in [-0.4, -0.2) is 38.2 Å². The van der Waals surface area contributed by atoms with Gasteiger partial charge in [-0.05, 0) is 36.2 Å². The van der Waals surface area contributed by atoms with Crippen molar-refractivity contribution in [2.45, 2.75) is 24.3 Å².